The average molecular weight is 280 g/mol. The van der Waals surface area contributed by atoms with Gasteiger partial charge in [0.05, 0.1) is 5.00 Å². The van der Waals surface area contributed by atoms with Gasteiger partial charge in [0.15, 0.2) is 5.96 Å². The van der Waals surface area contributed by atoms with Gasteiger partial charge in [0, 0.05) is 39.8 Å². The average Bonchev–Trinajstić information content (AvgIpc) is 2.98. The molecule has 4 nitrogen and oxygen atoms in total. The van der Waals surface area contributed by atoms with Crippen LogP contribution in [0.1, 0.15) is 19.8 Å². The molecule has 0 amide bonds. The van der Waals surface area contributed by atoms with Crippen molar-refractivity contribution >= 4 is 22.3 Å². The molecule has 0 radical (unpaired) electrons. The Bertz CT molecular complexity index is 380. The number of guanidine groups is 1. The van der Waals surface area contributed by atoms with Crippen LogP contribution in [0, 0.1) is 0 Å². The van der Waals surface area contributed by atoms with Gasteiger partial charge in [0.25, 0.3) is 0 Å². The predicted octanol–water partition coefficient (Wildman–Crippen LogP) is 2.25. The number of thiophene rings is 1. The van der Waals surface area contributed by atoms with Crippen molar-refractivity contribution in [2.24, 2.45) is 4.99 Å². The summed E-state index contributed by atoms with van der Waals surface area (Å²) in [5, 5.41) is 6.98. The van der Waals surface area contributed by atoms with Crippen molar-refractivity contribution in [1.82, 2.24) is 10.2 Å². The molecule has 1 fully saturated rings. The summed E-state index contributed by atoms with van der Waals surface area (Å²) in [5.74, 6) is 1.05. The number of aliphatic imine (C=N–C) groups is 1. The third-order valence-electron chi connectivity index (χ3n) is 3.42. The van der Waals surface area contributed by atoms with E-state index < -0.39 is 0 Å². The van der Waals surface area contributed by atoms with Crippen molar-refractivity contribution in [3.63, 3.8) is 0 Å². The van der Waals surface area contributed by atoms with Gasteiger partial charge in [-0.15, -0.1) is 11.3 Å². The van der Waals surface area contributed by atoms with E-state index in [1.165, 1.54) is 17.8 Å². The summed E-state index contributed by atoms with van der Waals surface area (Å²) in [6.45, 7) is 7.48. The van der Waals surface area contributed by atoms with E-state index in [9.17, 15) is 0 Å². The Labute approximate surface area is 120 Å². The van der Waals surface area contributed by atoms with Gasteiger partial charge in [0.2, 0.25) is 0 Å². The topological polar surface area (TPSA) is 30.9 Å². The zero-order valence-electron chi connectivity index (χ0n) is 11.9. The molecule has 1 saturated heterocycles. The number of nitrogens with zero attached hydrogens (tertiary/aromatic N) is 3. The van der Waals surface area contributed by atoms with Crippen molar-refractivity contribution < 1.29 is 0 Å². The van der Waals surface area contributed by atoms with Crippen LogP contribution in [0.3, 0.4) is 0 Å². The summed E-state index contributed by atoms with van der Waals surface area (Å²) in [6, 6.07) is 4.33. The smallest absolute Gasteiger partial charge is 0.193 e. The lowest BCUT2D eigenvalue weighted by Crippen LogP contribution is -2.52. The number of piperazine rings is 1. The van der Waals surface area contributed by atoms with Gasteiger partial charge in [-0.05, 0) is 23.9 Å². The fourth-order valence-corrected chi connectivity index (χ4v) is 3.08. The molecule has 0 atom stereocenters. The zero-order valence-corrected chi connectivity index (χ0v) is 12.7. The van der Waals surface area contributed by atoms with Crippen LogP contribution in [0.15, 0.2) is 22.5 Å². The summed E-state index contributed by atoms with van der Waals surface area (Å²) >= 11 is 1.82. The highest BCUT2D eigenvalue weighted by atomic mass is 32.1. The Balaban J connectivity index is 1.81. The summed E-state index contributed by atoms with van der Waals surface area (Å²) < 4.78 is 0. The van der Waals surface area contributed by atoms with Crippen molar-refractivity contribution in [3.8, 4) is 0 Å². The quantitative estimate of drug-likeness (QED) is 0.521. The molecule has 2 rings (SSSR count). The Hall–Kier alpha value is -1.23. The molecule has 1 aromatic heterocycles. The number of unbranched alkanes of at least 4 members (excludes halogenated alkanes) is 1. The van der Waals surface area contributed by atoms with E-state index in [2.05, 4.69) is 44.5 Å². The van der Waals surface area contributed by atoms with Crippen molar-refractivity contribution in [3.05, 3.63) is 17.5 Å². The molecule has 1 N–H and O–H groups in total. The Morgan fingerprint density at radius 3 is 2.74 bits per heavy atom. The minimum absolute atomic E-state index is 1.02. The summed E-state index contributed by atoms with van der Waals surface area (Å²) in [6.07, 6.45) is 2.42. The third kappa shape index (κ3) is 3.86. The highest BCUT2D eigenvalue weighted by Crippen LogP contribution is 2.22. The van der Waals surface area contributed by atoms with E-state index >= 15 is 0 Å². The van der Waals surface area contributed by atoms with Gasteiger partial charge >= 0.3 is 0 Å². The van der Waals surface area contributed by atoms with Gasteiger partial charge in [-0.25, -0.2) is 0 Å². The fraction of sp³-hybridized carbons (Fsp3) is 0.643. The lowest BCUT2D eigenvalue weighted by atomic mass is 10.3. The Morgan fingerprint density at radius 2 is 2.16 bits per heavy atom. The fourth-order valence-electron chi connectivity index (χ4n) is 2.30. The number of hydrogen-bond donors (Lipinski definition) is 1. The van der Waals surface area contributed by atoms with Gasteiger partial charge < -0.3 is 15.1 Å². The molecule has 0 aliphatic carbocycles. The summed E-state index contributed by atoms with van der Waals surface area (Å²) in [7, 11) is 1.87. The van der Waals surface area contributed by atoms with E-state index in [1.54, 1.807) is 0 Å². The number of rotatable bonds is 4. The monoisotopic (exact) mass is 280 g/mol. The second-order valence-electron chi connectivity index (χ2n) is 4.75. The van der Waals surface area contributed by atoms with Crippen LogP contribution in [0.2, 0.25) is 0 Å². The van der Waals surface area contributed by atoms with Crippen LogP contribution in [0.25, 0.3) is 0 Å². The molecule has 106 valence electrons. The predicted molar refractivity (Wildman–Crippen MR) is 84.4 cm³/mol. The minimum Gasteiger partial charge on any atom is -0.360 e. The van der Waals surface area contributed by atoms with Gasteiger partial charge in [-0.2, -0.15) is 0 Å². The lowest BCUT2D eigenvalue weighted by Gasteiger charge is -2.37. The van der Waals surface area contributed by atoms with Crippen LogP contribution in [-0.4, -0.2) is 50.6 Å². The first-order chi connectivity index (χ1) is 9.35. The van der Waals surface area contributed by atoms with E-state index in [1.807, 2.05) is 18.4 Å². The molecule has 0 spiro atoms. The molecule has 0 unspecified atom stereocenters. The lowest BCUT2D eigenvalue weighted by molar-refractivity contribution is 0.373. The second-order valence-corrected chi connectivity index (χ2v) is 5.68. The maximum absolute atomic E-state index is 4.39. The molecule has 0 bridgehead atoms. The SMILES string of the molecule is CCCCNC(=NC)N1CCN(c2cccs2)CC1. The van der Waals surface area contributed by atoms with E-state index in [4.69, 9.17) is 0 Å². The molecule has 19 heavy (non-hydrogen) atoms. The number of anilines is 1. The molecule has 2 heterocycles. The Morgan fingerprint density at radius 1 is 1.37 bits per heavy atom. The molecular formula is C14H24N4S. The highest BCUT2D eigenvalue weighted by molar-refractivity contribution is 7.14. The molecule has 1 aliphatic rings. The van der Waals surface area contributed by atoms with Crippen LogP contribution in [0.4, 0.5) is 5.00 Å². The first kappa shape index (κ1) is 14.2. The molecular weight excluding hydrogens is 256 g/mol. The van der Waals surface area contributed by atoms with Crippen LogP contribution in [-0.2, 0) is 0 Å². The van der Waals surface area contributed by atoms with Gasteiger partial charge in [-0.1, -0.05) is 13.3 Å². The molecule has 0 saturated carbocycles. The van der Waals surface area contributed by atoms with Crippen molar-refractivity contribution in [2.75, 3.05) is 44.7 Å². The molecule has 5 heteroatoms. The largest absolute Gasteiger partial charge is 0.360 e. The number of hydrogen-bond acceptors (Lipinski definition) is 3. The van der Waals surface area contributed by atoms with Crippen molar-refractivity contribution in [1.29, 1.82) is 0 Å². The standard InChI is InChI=1S/C14H24N4S/c1-3-4-7-16-14(15-2)18-10-8-17(9-11-18)13-6-5-12-19-13/h5-6,12H,3-4,7-11H2,1-2H3,(H,15,16). The summed E-state index contributed by atoms with van der Waals surface area (Å²) in [4.78, 5) is 9.21. The maximum atomic E-state index is 4.39. The first-order valence-corrected chi connectivity index (χ1v) is 7.97. The van der Waals surface area contributed by atoms with E-state index in [0.717, 1.165) is 38.7 Å². The van der Waals surface area contributed by atoms with E-state index in [0.29, 0.717) is 0 Å². The Kier molecular flexibility index (Phi) is 5.51. The van der Waals surface area contributed by atoms with Crippen molar-refractivity contribution in [2.45, 2.75) is 19.8 Å². The van der Waals surface area contributed by atoms with Gasteiger partial charge in [0.1, 0.15) is 0 Å². The number of nitrogens with one attached hydrogen (secondary N) is 1. The second kappa shape index (κ2) is 7.38. The van der Waals surface area contributed by atoms with Crippen LogP contribution < -0.4 is 10.2 Å². The minimum atomic E-state index is 1.02. The van der Waals surface area contributed by atoms with E-state index in [-0.39, 0.29) is 0 Å². The summed E-state index contributed by atoms with van der Waals surface area (Å²) in [5.41, 5.74) is 0. The zero-order chi connectivity index (χ0) is 13.5. The van der Waals surface area contributed by atoms with Crippen LogP contribution >= 0.6 is 11.3 Å². The first-order valence-electron chi connectivity index (χ1n) is 7.09. The molecule has 0 aromatic carbocycles. The third-order valence-corrected chi connectivity index (χ3v) is 4.35. The van der Waals surface area contributed by atoms with Crippen LogP contribution in [0.5, 0.6) is 0 Å². The van der Waals surface area contributed by atoms with Gasteiger partial charge in [-0.3, -0.25) is 4.99 Å². The molecule has 1 aliphatic heterocycles. The maximum Gasteiger partial charge on any atom is 0.193 e. The highest BCUT2D eigenvalue weighted by Gasteiger charge is 2.19. The molecule has 1 aromatic rings. The normalized spacial score (nSPS) is 16.8.